The van der Waals surface area contributed by atoms with Crippen molar-refractivity contribution < 1.29 is 19.0 Å². The molecule has 2 saturated heterocycles. The van der Waals surface area contributed by atoms with Crippen molar-refractivity contribution in [2.75, 3.05) is 19.7 Å². The number of aromatic nitrogens is 1. The van der Waals surface area contributed by atoms with Crippen LogP contribution in [0.15, 0.2) is 28.8 Å². The van der Waals surface area contributed by atoms with E-state index in [1.165, 1.54) is 38.8 Å². The fraction of sp³-hybridized carbons (Fsp3) is 0.524. The van der Waals surface area contributed by atoms with Crippen molar-refractivity contribution in [3.05, 3.63) is 40.6 Å². The Balaban J connectivity index is 1.49. The van der Waals surface area contributed by atoms with Crippen molar-refractivity contribution in [2.45, 2.75) is 45.1 Å². The van der Waals surface area contributed by atoms with Gasteiger partial charge >= 0.3 is 5.97 Å². The van der Waals surface area contributed by atoms with Crippen LogP contribution in [0.5, 0.6) is 0 Å². The molecule has 4 rings (SSSR count). The summed E-state index contributed by atoms with van der Waals surface area (Å²) in [6.07, 6.45) is 6.21. The molecule has 3 heterocycles. The van der Waals surface area contributed by atoms with Gasteiger partial charge in [0.2, 0.25) is 0 Å². The molecule has 1 N–H and O–H groups in total. The second-order valence-corrected chi connectivity index (χ2v) is 8.11. The van der Waals surface area contributed by atoms with Crippen molar-refractivity contribution >= 4 is 17.6 Å². The van der Waals surface area contributed by atoms with Crippen LogP contribution in [0.2, 0.25) is 5.02 Å². The van der Waals surface area contributed by atoms with Gasteiger partial charge < -0.3 is 14.2 Å². The molecule has 0 bridgehead atoms. The van der Waals surface area contributed by atoms with Gasteiger partial charge in [-0.25, -0.2) is 4.79 Å². The second kappa shape index (κ2) is 8.03. The van der Waals surface area contributed by atoms with E-state index < -0.39 is 0 Å². The number of benzene rings is 1. The van der Waals surface area contributed by atoms with Gasteiger partial charge in [0.25, 0.3) is 0 Å². The largest absolute Gasteiger partial charge is 0.461 e. The number of ether oxygens (including phenoxy) is 1. The first-order chi connectivity index (χ1) is 13.1. The molecule has 3 atom stereocenters. The lowest BCUT2D eigenvalue weighted by Crippen LogP contribution is -3.18. The van der Waals surface area contributed by atoms with Crippen molar-refractivity contribution in [1.82, 2.24) is 5.16 Å². The van der Waals surface area contributed by atoms with Crippen LogP contribution in [0.3, 0.4) is 0 Å². The first kappa shape index (κ1) is 18.5. The molecule has 144 valence electrons. The number of rotatable bonds is 4. The maximum atomic E-state index is 12.9. The molecule has 0 radical (unpaired) electrons. The third-order valence-electron chi connectivity index (χ3n) is 6.05. The quantitative estimate of drug-likeness (QED) is 0.815. The summed E-state index contributed by atoms with van der Waals surface area (Å²) < 4.78 is 11.1. The fourth-order valence-corrected chi connectivity index (χ4v) is 4.91. The van der Waals surface area contributed by atoms with Gasteiger partial charge in [-0.1, -0.05) is 35.0 Å². The van der Waals surface area contributed by atoms with E-state index in [1.807, 2.05) is 18.2 Å². The van der Waals surface area contributed by atoms with E-state index >= 15 is 0 Å². The number of aryl methyl sites for hydroxylation is 1. The summed E-state index contributed by atoms with van der Waals surface area (Å²) >= 11 is 6.28. The standard InChI is InChI=1S/C21H25ClN2O3/c1-14-19(20(23-27-14)16-8-2-3-9-17(16)22)21(25)26-13-15-7-6-12-24-11-5-4-10-18(15)24/h2-3,8-9,15,18H,4-7,10-13H2,1H3/p+1/t15-,18+/m0/s1. The van der Waals surface area contributed by atoms with Gasteiger partial charge in [-0.3, -0.25) is 0 Å². The Morgan fingerprint density at radius 2 is 2.07 bits per heavy atom. The first-order valence-electron chi connectivity index (χ1n) is 9.88. The van der Waals surface area contributed by atoms with Crippen molar-refractivity contribution in [1.29, 1.82) is 0 Å². The van der Waals surface area contributed by atoms with Crippen molar-refractivity contribution in [3.63, 3.8) is 0 Å². The molecular formula is C21H26ClN2O3+. The zero-order chi connectivity index (χ0) is 18.8. The molecule has 0 aliphatic carbocycles. The van der Waals surface area contributed by atoms with Gasteiger partial charge in [-0.15, -0.1) is 0 Å². The molecule has 6 heteroatoms. The maximum absolute atomic E-state index is 12.9. The summed E-state index contributed by atoms with van der Waals surface area (Å²) in [4.78, 5) is 14.6. The number of carbonyl (C=O) groups excluding carboxylic acids is 1. The Morgan fingerprint density at radius 3 is 2.93 bits per heavy atom. The minimum Gasteiger partial charge on any atom is -0.461 e. The van der Waals surface area contributed by atoms with Crippen LogP contribution in [0.25, 0.3) is 11.3 Å². The molecule has 0 saturated carbocycles. The molecule has 2 aliphatic rings. The van der Waals surface area contributed by atoms with Crippen molar-refractivity contribution in [2.24, 2.45) is 5.92 Å². The molecule has 0 spiro atoms. The Hall–Kier alpha value is -1.85. The molecule has 1 aromatic heterocycles. The number of halogens is 1. The third kappa shape index (κ3) is 3.76. The van der Waals surface area contributed by atoms with E-state index in [2.05, 4.69) is 5.16 Å². The van der Waals surface area contributed by atoms with Crippen LogP contribution < -0.4 is 4.90 Å². The summed E-state index contributed by atoms with van der Waals surface area (Å²) in [5, 5.41) is 4.60. The highest BCUT2D eigenvalue weighted by molar-refractivity contribution is 6.33. The topological polar surface area (TPSA) is 56.8 Å². The molecule has 0 amide bonds. The van der Waals surface area contributed by atoms with Gasteiger partial charge in [-0.05, 0) is 45.1 Å². The van der Waals surface area contributed by atoms with E-state index in [4.69, 9.17) is 20.9 Å². The summed E-state index contributed by atoms with van der Waals surface area (Å²) in [7, 11) is 0. The predicted octanol–water partition coefficient (Wildman–Crippen LogP) is 3.31. The zero-order valence-electron chi connectivity index (χ0n) is 15.7. The summed E-state index contributed by atoms with van der Waals surface area (Å²) in [5.74, 6) is 0.539. The average Bonchev–Trinajstić information content (AvgIpc) is 3.07. The van der Waals surface area contributed by atoms with Crippen LogP contribution >= 0.6 is 11.6 Å². The fourth-order valence-electron chi connectivity index (χ4n) is 4.68. The molecule has 1 unspecified atom stereocenters. The molecule has 5 nitrogen and oxygen atoms in total. The van der Waals surface area contributed by atoms with Gasteiger partial charge in [0.1, 0.15) is 23.6 Å². The van der Waals surface area contributed by atoms with E-state index in [1.54, 1.807) is 17.9 Å². The van der Waals surface area contributed by atoms with E-state index in [-0.39, 0.29) is 5.97 Å². The lowest BCUT2D eigenvalue weighted by atomic mass is 9.84. The Bertz CT molecular complexity index is 818. The lowest BCUT2D eigenvalue weighted by Gasteiger charge is -2.40. The molecular weight excluding hydrogens is 364 g/mol. The minimum absolute atomic E-state index is 0.369. The SMILES string of the molecule is Cc1onc(-c2ccccc2Cl)c1C(=O)OC[C@@H]1CCC[NH+]2CCCC[C@H]12. The first-order valence-corrected chi connectivity index (χ1v) is 10.3. The van der Waals surface area contributed by atoms with Crippen LogP contribution in [0.1, 0.15) is 48.2 Å². The number of nitrogens with zero attached hydrogens (tertiary/aromatic N) is 1. The summed E-state index contributed by atoms with van der Waals surface area (Å²) in [6, 6.07) is 7.95. The normalized spacial score (nSPS) is 25.0. The number of nitrogens with one attached hydrogen (secondary N) is 1. The molecule has 1 aromatic carbocycles. The highest BCUT2D eigenvalue weighted by Gasteiger charge is 2.37. The van der Waals surface area contributed by atoms with Gasteiger partial charge in [0.15, 0.2) is 0 Å². The highest BCUT2D eigenvalue weighted by Crippen LogP contribution is 2.31. The second-order valence-electron chi connectivity index (χ2n) is 7.70. The Labute approximate surface area is 164 Å². The Kier molecular flexibility index (Phi) is 5.50. The number of esters is 1. The molecule has 2 fully saturated rings. The lowest BCUT2D eigenvalue weighted by molar-refractivity contribution is -0.940. The van der Waals surface area contributed by atoms with Gasteiger partial charge in [-0.2, -0.15) is 0 Å². The van der Waals surface area contributed by atoms with E-state index in [0.717, 1.165) is 6.42 Å². The Morgan fingerprint density at radius 1 is 1.26 bits per heavy atom. The zero-order valence-corrected chi connectivity index (χ0v) is 16.4. The summed E-state index contributed by atoms with van der Waals surface area (Å²) in [6.45, 7) is 4.73. The maximum Gasteiger partial charge on any atom is 0.344 e. The summed E-state index contributed by atoms with van der Waals surface area (Å²) in [5.41, 5.74) is 1.52. The number of quaternary nitrogens is 1. The predicted molar refractivity (Wildman–Crippen MR) is 103 cm³/mol. The number of carbonyl (C=O) groups is 1. The van der Waals surface area contributed by atoms with E-state index in [9.17, 15) is 4.79 Å². The number of fused-ring (bicyclic) bond motifs is 1. The van der Waals surface area contributed by atoms with Gasteiger partial charge in [0, 0.05) is 11.5 Å². The monoisotopic (exact) mass is 389 g/mol. The molecule has 2 aliphatic heterocycles. The molecule has 27 heavy (non-hydrogen) atoms. The number of hydrogen-bond acceptors (Lipinski definition) is 4. The van der Waals surface area contributed by atoms with Crippen LogP contribution in [0.4, 0.5) is 0 Å². The average molecular weight is 390 g/mol. The van der Waals surface area contributed by atoms with Crippen LogP contribution in [-0.4, -0.2) is 36.9 Å². The highest BCUT2D eigenvalue weighted by atomic mass is 35.5. The van der Waals surface area contributed by atoms with Crippen molar-refractivity contribution in [3.8, 4) is 11.3 Å². The van der Waals surface area contributed by atoms with Crippen LogP contribution in [-0.2, 0) is 4.74 Å². The number of hydrogen-bond donors (Lipinski definition) is 1. The third-order valence-corrected chi connectivity index (χ3v) is 6.38. The van der Waals surface area contributed by atoms with Crippen LogP contribution in [0, 0.1) is 12.8 Å². The smallest absolute Gasteiger partial charge is 0.344 e. The van der Waals surface area contributed by atoms with Gasteiger partial charge in [0.05, 0.1) is 24.2 Å². The number of piperidine rings is 2. The molecule has 2 aromatic rings. The minimum atomic E-state index is -0.369. The van der Waals surface area contributed by atoms with E-state index in [0.29, 0.717) is 46.2 Å².